The van der Waals surface area contributed by atoms with Gasteiger partial charge >= 0.3 is 0 Å². The van der Waals surface area contributed by atoms with Crippen LogP contribution in [0.3, 0.4) is 0 Å². The van der Waals surface area contributed by atoms with Crippen LogP contribution in [0.4, 0.5) is 5.69 Å². The number of carbonyl (C=O) groups is 1. The van der Waals surface area contributed by atoms with Crippen molar-refractivity contribution in [3.8, 4) is 0 Å². The van der Waals surface area contributed by atoms with Gasteiger partial charge in [-0.05, 0) is 69.0 Å². The van der Waals surface area contributed by atoms with E-state index in [0.29, 0.717) is 24.8 Å². The van der Waals surface area contributed by atoms with Crippen molar-refractivity contribution in [1.82, 2.24) is 9.21 Å². The summed E-state index contributed by atoms with van der Waals surface area (Å²) >= 11 is 0. The Bertz CT molecular complexity index is 723. The minimum Gasteiger partial charge on any atom is -0.326 e. The number of benzene rings is 1. The van der Waals surface area contributed by atoms with Gasteiger partial charge in [-0.3, -0.25) is 4.79 Å². The maximum absolute atomic E-state index is 12.9. The third-order valence-electron chi connectivity index (χ3n) is 5.57. The molecule has 3 rings (SSSR count). The lowest BCUT2D eigenvalue weighted by molar-refractivity contribution is -0.114. The molecule has 2 heterocycles. The van der Waals surface area contributed by atoms with Crippen molar-refractivity contribution in [3.63, 3.8) is 0 Å². The van der Waals surface area contributed by atoms with Crippen molar-refractivity contribution in [2.75, 3.05) is 31.5 Å². The number of nitrogens with one attached hydrogen (secondary N) is 1. The van der Waals surface area contributed by atoms with Crippen molar-refractivity contribution < 1.29 is 13.2 Å². The molecule has 27 heavy (non-hydrogen) atoms. The zero-order valence-corrected chi connectivity index (χ0v) is 17.7. The van der Waals surface area contributed by atoms with Crippen LogP contribution in [-0.4, -0.2) is 55.8 Å². The van der Waals surface area contributed by atoms with Gasteiger partial charge in [0.25, 0.3) is 0 Å². The number of nitrogens with zero attached hydrogens (tertiary/aromatic N) is 2. The third kappa shape index (κ3) is 5.44. The molecule has 2 aliphatic rings. The topological polar surface area (TPSA) is 69.7 Å². The van der Waals surface area contributed by atoms with E-state index >= 15 is 0 Å². The first kappa shape index (κ1) is 22.1. The Morgan fingerprint density at radius 3 is 2.07 bits per heavy atom. The number of piperidine rings is 2. The lowest BCUT2D eigenvalue weighted by Gasteiger charge is -2.41. The molecule has 0 radical (unpaired) electrons. The fraction of sp³-hybridized carbons (Fsp3) is 0.632. The molecule has 2 fully saturated rings. The van der Waals surface area contributed by atoms with Crippen LogP contribution in [0.1, 0.15) is 39.5 Å². The van der Waals surface area contributed by atoms with Gasteiger partial charge in [0.15, 0.2) is 0 Å². The molecule has 8 heteroatoms. The van der Waals surface area contributed by atoms with Gasteiger partial charge in [-0.2, -0.15) is 4.31 Å². The van der Waals surface area contributed by atoms with Gasteiger partial charge in [-0.1, -0.05) is 6.92 Å². The van der Waals surface area contributed by atoms with E-state index in [1.807, 2.05) is 0 Å². The molecule has 1 amide bonds. The highest BCUT2D eigenvalue weighted by atomic mass is 35.5. The SMILES string of the molecule is CC(=O)Nc1ccc(S(=O)(=O)N2CCC(N3CCC(C)CC3)CC2)cc1.Cl. The first-order valence-electron chi connectivity index (χ1n) is 9.48. The third-order valence-corrected chi connectivity index (χ3v) is 7.48. The molecule has 2 saturated heterocycles. The summed E-state index contributed by atoms with van der Waals surface area (Å²) in [5.41, 5.74) is 0.606. The average molecular weight is 416 g/mol. The van der Waals surface area contributed by atoms with Crippen LogP contribution in [0.5, 0.6) is 0 Å². The van der Waals surface area contributed by atoms with Crippen LogP contribution in [0.15, 0.2) is 29.2 Å². The van der Waals surface area contributed by atoms with Gasteiger partial charge in [-0.15, -0.1) is 12.4 Å². The van der Waals surface area contributed by atoms with Gasteiger partial charge in [0.1, 0.15) is 0 Å². The smallest absolute Gasteiger partial charge is 0.243 e. The first-order valence-corrected chi connectivity index (χ1v) is 10.9. The van der Waals surface area contributed by atoms with Crippen LogP contribution in [-0.2, 0) is 14.8 Å². The molecule has 0 unspecified atom stereocenters. The monoisotopic (exact) mass is 415 g/mol. The molecule has 2 aliphatic heterocycles. The molecule has 0 saturated carbocycles. The van der Waals surface area contributed by atoms with E-state index in [2.05, 4.69) is 17.1 Å². The second-order valence-electron chi connectivity index (χ2n) is 7.56. The van der Waals surface area contributed by atoms with Gasteiger partial charge in [0.05, 0.1) is 4.90 Å². The summed E-state index contributed by atoms with van der Waals surface area (Å²) in [7, 11) is -3.47. The largest absolute Gasteiger partial charge is 0.326 e. The molecular formula is C19H30ClN3O3S. The molecule has 1 N–H and O–H groups in total. The van der Waals surface area contributed by atoms with Gasteiger partial charge < -0.3 is 10.2 Å². The van der Waals surface area contributed by atoms with E-state index in [1.165, 1.54) is 19.8 Å². The van der Waals surface area contributed by atoms with Crippen LogP contribution in [0.25, 0.3) is 0 Å². The zero-order chi connectivity index (χ0) is 18.7. The Hall–Kier alpha value is -1.15. The summed E-state index contributed by atoms with van der Waals surface area (Å²) in [5, 5.41) is 2.66. The van der Waals surface area contributed by atoms with Crippen molar-refractivity contribution >= 4 is 34.0 Å². The van der Waals surface area contributed by atoms with E-state index in [-0.39, 0.29) is 23.2 Å². The summed E-state index contributed by atoms with van der Waals surface area (Å²) in [6.45, 7) is 7.17. The summed E-state index contributed by atoms with van der Waals surface area (Å²) in [4.78, 5) is 13.9. The number of anilines is 1. The molecule has 0 aromatic heterocycles. The summed E-state index contributed by atoms with van der Waals surface area (Å²) in [5.74, 6) is 0.641. The predicted octanol–water partition coefficient (Wildman–Crippen LogP) is 2.95. The lowest BCUT2D eigenvalue weighted by atomic mass is 9.95. The molecule has 0 spiro atoms. The number of amides is 1. The number of halogens is 1. The van der Waals surface area contributed by atoms with E-state index in [9.17, 15) is 13.2 Å². The van der Waals surface area contributed by atoms with E-state index in [1.54, 1.807) is 28.6 Å². The highest BCUT2D eigenvalue weighted by Gasteiger charge is 2.32. The fourth-order valence-electron chi connectivity index (χ4n) is 3.90. The minimum atomic E-state index is -3.47. The van der Waals surface area contributed by atoms with Crippen molar-refractivity contribution in [2.45, 2.75) is 50.5 Å². The maximum Gasteiger partial charge on any atom is 0.243 e. The quantitative estimate of drug-likeness (QED) is 0.820. The van der Waals surface area contributed by atoms with E-state index in [0.717, 1.165) is 31.8 Å². The molecule has 1 aromatic rings. The van der Waals surface area contributed by atoms with E-state index in [4.69, 9.17) is 0 Å². The Kier molecular flexibility index (Phi) is 7.68. The summed E-state index contributed by atoms with van der Waals surface area (Å²) < 4.78 is 27.3. The fourth-order valence-corrected chi connectivity index (χ4v) is 5.37. The Morgan fingerprint density at radius 1 is 1.00 bits per heavy atom. The predicted molar refractivity (Wildman–Crippen MR) is 110 cm³/mol. The molecule has 152 valence electrons. The van der Waals surface area contributed by atoms with Gasteiger partial charge in [0, 0.05) is 31.7 Å². The van der Waals surface area contributed by atoms with Gasteiger partial charge in [0.2, 0.25) is 15.9 Å². The maximum atomic E-state index is 12.9. The van der Waals surface area contributed by atoms with Crippen LogP contribution in [0.2, 0.25) is 0 Å². The highest BCUT2D eigenvalue weighted by molar-refractivity contribution is 7.89. The number of rotatable bonds is 4. The Balaban J connectivity index is 0.00000261. The number of hydrogen-bond acceptors (Lipinski definition) is 4. The number of likely N-dealkylation sites (tertiary alicyclic amines) is 1. The minimum absolute atomic E-state index is 0. The van der Waals surface area contributed by atoms with Crippen molar-refractivity contribution in [3.05, 3.63) is 24.3 Å². The standard InChI is InChI=1S/C19H29N3O3S.ClH/c1-15-7-11-21(12-8-15)18-9-13-22(14-10-18)26(24,25)19-5-3-17(4-6-19)20-16(2)23;/h3-6,15,18H,7-14H2,1-2H3,(H,20,23);1H. The zero-order valence-electron chi connectivity index (χ0n) is 16.1. The molecule has 6 nitrogen and oxygen atoms in total. The number of hydrogen-bond donors (Lipinski definition) is 1. The first-order chi connectivity index (χ1) is 12.4. The van der Waals surface area contributed by atoms with Crippen molar-refractivity contribution in [2.24, 2.45) is 5.92 Å². The number of carbonyl (C=O) groups excluding carboxylic acids is 1. The molecule has 0 bridgehead atoms. The molecular weight excluding hydrogens is 386 g/mol. The van der Waals surface area contributed by atoms with Gasteiger partial charge in [-0.25, -0.2) is 8.42 Å². The second kappa shape index (κ2) is 9.37. The summed E-state index contributed by atoms with van der Waals surface area (Å²) in [6.07, 6.45) is 4.30. The Labute approximate surface area is 168 Å². The van der Waals surface area contributed by atoms with E-state index < -0.39 is 10.0 Å². The number of sulfonamides is 1. The van der Waals surface area contributed by atoms with Crippen LogP contribution < -0.4 is 5.32 Å². The summed E-state index contributed by atoms with van der Waals surface area (Å²) in [6, 6.07) is 6.92. The molecule has 0 aliphatic carbocycles. The molecule has 0 atom stereocenters. The van der Waals surface area contributed by atoms with Crippen LogP contribution in [0, 0.1) is 5.92 Å². The normalized spacial score (nSPS) is 20.8. The van der Waals surface area contributed by atoms with Crippen LogP contribution >= 0.6 is 12.4 Å². The Morgan fingerprint density at radius 2 is 1.56 bits per heavy atom. The lowest BCUT2D eigenvalue weighted by Crippen LogP contribution is -2.48. The molecule has 1 aromatic carbocycles. The highest BCUT2D eigenvalue weighted by Crippen LogP contribution is 2.27. The average Bonchev–Trinajstić information content (AvgIpc) is 2.62. The van der Waals surface area contributed by atoms with Crippen molar-refractivity contribution in [1.29, 1.82) is 0 Å². The second-order valence-corrected chi connectivity index (χ2v) is 9.50.